The number of hydrogen-bond donors (Lipinski definition) is 1. The summed E-state index contributed by atoms with van der Waals surface area (Å²) in [5.74, 6) is 0. The van der Waals surface area contributed by atoms with E-state index in [0.717, 1.165) is 6.42 Å². The van der Waals surface area contributed by atoms with E-state index in [-0.39, 0.29) is 0 Å². The van der Waals surface area contributed by atoms with Crippen molar-refractivity contribution in [3.63, 3.8) is 0 Å². The van der Waals surface area contributed by atoms with Gasteiger partial charge in [-0.1, -0.05) is 57.9 Å². The summed E-state index contributed by atoms with van der Waals surface area (Å²) in [5.41, 5.74) is 0. The van der Waals surface area contributed by atoms with Gasteiger partial charge in [-0.3, -0.25) is 4.79 Å². The Morgan fingerprint density at radius 1 is 1.00 bits per heavy atom. The van der Waals surface area contributed by atoms with E-state index in [1.165, 1.54) is 51.4 Å². The van der Waals surface area contributed by atoms with Crippen LogP contribution in [0.15, 0.2) is 12.3 Å². The molecule has 0 aromatic heterocycles. The normalized spacial score (nSPS) is 10.7. The highest BCUT2D eigenvalue weighted by Crippen LogP contribution is 2.09. The van der Waals surface area contributed by atoms with Crippen molar-refractivity contribution in [3.05, 3.63) is 12.3 Å². The average Bonchev–Trinajstić information content (AvgIpc) is 2.26. The molecule has 0 saturated carbocycles. The molecule has 0 aliphatic rings. The summed E-state index contributed by atoms with van der Waals surface area (Å²) < 4.78 is 0. The molecule has 0 heterocycles. The van der Waals surface area contributed by atoms with Crippen molar-refractivity contribution < 1.29 is 4.79 Å². The highest BCUT2D eigenvalue weighted by Gasteiger charge is 1.89. The third kappa shape index (κ3) is 13.2. The molecule has 0 aromatic carbocycles. The molecule has 87 valence electrons. The van der Waals surface area contributed by atoms with Crippen LogP contribution in [0, 0.1) is 0 Å². The predicted molar refractivity (Wildman–Crippen MR) is 65.2 cm³/mol. The number of carbonyl (C=O) groups excluding carboxylic acids is 1. The second-order valence-electron chi connectivity index (χ2n) is 3.91. The van der Waals surface area contributed by atoms with E-state index in [9.17, 15) is 4.79 Å². The van der Waals surface area contributed by atoms with E-state index in [0.29, 0.717) is 0 Å². The first kappa shape index (κ1) is 14.2. The molecule has 0 spiro atoms. The van der Waals surface area contributed by atoms with Crippen LogP contribution in [0.25, 0.3) is 0 Å². The van der Waals surface area contributed by atoms with Gasteiger partial charge in [0.1, 0.15) is 0 Å². The maximum Gasteiger partial charge on any atom is 0.313 e. The summed E-state index contributed by atoms with van der Waals surface area (Å²) in [6.07, 6.45) is 17.1. The average molecular weight is 210 g/mol. The van der Waals surface area contributed by atoms with Crippen molar-refractivity contribution in [1.29, 1.82) is 0 Å². The van der Waals surface area contributed by atoms with E-state index < -0.39 is 0 Å². The summed E-state index contributed by atoms with van der Waals surface area (Å²) in [4.78, 5) is 9.78. The highest BCUT2D eigenvalue weighted by molar-refractivity contribution is 5.48. The van der Waals surface area contributed by atoms with Gasteiger partial charge in [0, 0.05) is 6.20 Å². The number of allylic oxidation sites excluding steroid dienone is 1. The van der Waals surface area contributed by atoms with Gasteiger partial charge in [0.05, 0.1) is 0 Å². The van der Waals surface area contributed by atoms with E-state index >= 15 is 0 Å². The second-order valence-corrected chi connectivity index (χ2v) is 3.91. The van der Waals surface area contributed by atoms with Crippen LogP contribution in [0.4, 0.5) is 0 Å². The molecule has 0 saturated heterocycles. The minimum absolute atomic E-state index is 1.06. The fourth-order valence-corrected chi connectivity index (χ4v) is 1.57. The van der Waals surface area contributed by atoms with Gasteiger partial charge in [-0.25, -0.2) is 0 Å². The third-order valence-corrected chi connectivity index (χ3v) is 2.48. The van der Waals surface area contributed by atoms with Gasteiger partial charge < -0.3 is 5.32 Å². The Morgan fingerprint density at radius 3 is 2.20 bits per heavy atom. The fraction of sp³-hybridized carbons (Fsp3) is 0.769. The third-order valence-electron chi connectivity index (χ3n) is 2.48. The summed E-state index contributed by atoms with van der Waals surface area (Å²) in [6, 6.07) is 0. The summed E-state index contributed by atoms with van der Waals surface area (Å²) in [7, 11) is 0. The van der Waals surface area contributed by atoms with E-state index in [4.69, 9.17) is 0 Å². The Balaban J connectivity index is 2.95. The van der Waals surface area contributed by atoms with Crippen LogP contribution in [0.5, 0.6) is 0 Å². The van der Waals surface area contributed by atoms with Gasteiger partial charge in [0.25, 0.3) is 0 Å². The summed E-state index contributed by atoms with van der Waals surface area (Å²) in [6.45, 7) is 2.25. The maximum atomic E-state index is 9.78. The zero-order valence-corrected chi connectivity index (χ0v) is 9.93. The van der Waals surface area contributed by atoms with Gasteiger partial charge in [0.2, 0.25) is 0 Å². The number of nitrogens with one attached hydrogen (secondary N) is 1. The Kier molecular flexibility index (Phi) is 12.5. The maximum absolute atomic E-state index is 9.78. The number of rotatable bonds is 11. The van der Waals surface area contributed by atoms with Crippen LogP contribution in [0.1, 0.15) is 64.7 Å². The molecule has 1 amide bonds. The number of unbranched alkanes of at least 4 members (excludes halogenated alkanes) is 8. The van der Waals surface area contributed by atoms with Gasteiger partial charge >= 0.3 is 6.41 Å². The van der Waals surface area contributed by atoms with E-state index in [1.54, 1.807) is 12.6 Å². The van der Waals surface area contributed by atoms with Crippen molar-refractivity contribution in [2.24, 2.45) is 0 Å². The van der Waals surface area contributed by atoms with Gasteiger partial charge in [-0.2, -0.15) is 0 Å². The van der Waals surface area contributed by atoms with Crippen molar-refractivity contribution >= 4 is 6.41 Å². The molecule has 0 unspecified atom stereocenters. The fourth-order valence-electron chi connectivity index (χ4n) is 1.57. The lowest BCUT2D eigenvalue weighted by atomic mass is 10.1. The molecule has 2 nitrogen and oxygen atoms in total. The molecule has 1 radical (unpaired) electrons. The highest BCUT2D eigenvalue weighted by atomic mass is 16.1. The topological polar surface area (TPSA) is 29.1 Å². The van der Waals surface area contributed by atoms with Crippen LogP contribution in [-0.2, 0) is 4.79 Å². The van der Waals surface area contributed by atoms with Crippen molar-refractivity contribution in [2.75, 3.05) is 0 Å². The zero-order valence-electron chi connectivity index (χ0n) is 9.93. The Labute approximate surface area is 94.1 Å². The van der Waals surface area contributed by atoms with Crippen LogP contribution in [0.3, 0.4) is 0 Å². The Hall–Kier alpha value is -0.790. The molecule has 0 bridgehead atoms. The van der Waals surface area contributed by atoms with Crippen molar-refractivity contribution in [3.8, 4) is 0 Å². The first-order valence-electron chi connectivity index (χ1n) is 6.19. The Bertz CT molecular complexity index is 155. The Morgan fingerprint density at radius 2 is 1.60 bits per heavy atom. The molecule has 0 aliphatic carbocycles. The molecule has 15 heavy (non-hydrogen) atoms. The molecule has 0 rings (SSSR count). The van der Waals surface area contributed by atoms with E-state index in [1.807, 2.05) is 6.08 Å². The monoisotopic (exact) mass is 210 g/mol. The molecule has 0 fully saturated rings. The number of amides is 1. The number of hydrogen-bond acceptors (Lipinski definition) is 1. The molecule has 0 aliphatic heterocycles. The molecular formula is C13H24NO. The molecular weight excluding hydrogens is 186 g/mol. The van der Waals surface area contributed by atoms with Crippen molar-refractivity contribution in [1.82, 2.24) is 5.32 Å². The molecule has 2 heteroatoms. The lowest BCUT2D eigenvalue weighted by molar-refractivity contribution is 0.550. The van der Waals surface area contributed by atoms with E-state index in [2.05, 4.69) is 12.2 Å². The largest absolute Gasteiger partial charge is 0.325 e. The van der Waals surface area contributed by atoms with Gasteiger partial charge in [-0.15, -0.1) is 0 Å². The molecule has 0 atom stereocenters. The first-order chi connectivity index (χ1) is 7.41. The van der Waals surface area contributed by atoms with Crippen LogP contribution in [-0.4, -0.2) is 6.41 Å². The molecule has 1 N–H and O–H groups in total. The van der Waals surface area contributed by atoms with Crippen LogP contribution in [0.2, 0.25) is 0 Å². The SMILES string of the molecule is CCCCCCCCCC/C=C/N[C]=O. The van der Waals surface area contributed by atoms with Gasteiger partial charge in [0.15, 0.2) is 0 Å². The molecule has 0 aromatic rings. The predicted octanol–water partition coefficient (Wildman–Crippen LogP) is 3.69. The second kappa shape index (κ2) is 13.2. The minimum Gasteiger partial charge on any atom is -0.325 e. The van der Waals surface area contributed by atoms with Gasteiger partial charge in [-0.05, 0) is 12.8 Å². The lowest BCUT2D eigenvalue weighted by Crippen LogP contribution is -1.97. The quantitative estimate of drug-likeness (QED) is 0.409. The smallest absolute Gasteiger partial charge is 0.313 e. The zero-order chi connectivity index (χ0) is 11.2. The van der Waals surface area contributed by atoms with Crippen LogP contribution < -0.4 is 5.32 Å². The minimum atomic E-state index is 1.06. The first-order valence-corrected chi connectivity index (χ1v) is 6.19. The van der Waals surface area contributed by atoms with Crippen LogP contribution >= 0.6 is 0 Å². The summed E-state index contributed by atoms with van der Waals surface area (Å²) >= 11 is 0. The van der Waals surface area contributed by atoms with Crippen molar-refractivity contribution in [2.45, 2.75) is 64.7 Å². The summed E-state index contributed by atoms with van der Waals surface area (Å²) in [5, 5.41) is 2.39. The standard InChI is InChI=1S/C13H24NO/c1-2-3-4-5-6-7-8-9-10-11-12-14-13-15/h11-12H,2-10H2,1H3,(H,14,15)/b12-11+. The lowest BCUT2D eigenvalue weighted by Gasteiger charge is -1.99.